The van der Waals surface area contributed by atoms with Crippen LogP contribution in [0.5, 0.6) is 0 Å². The maximum Gasteiger partial charge on any atom is 0.228 e. The number of carbonyl (C=O) groups is 2. The van der Waals surface area contributed by atoms with E-state index in [1.54, 1.807) is 17.4 Å². The number of hydrogen-bond acceptors (Lipinski definition) is 4. The van der Waals surface area contributed by atoms with Gasteiger partial charge in [0.2, 0.25) is 11.8 Å². The van der Waals surface area contributed by atoms with E-state index in [0.717, 1.165) is 12.1 Å². The molecule has 126 valence electrons. The van der Waals surface area contributed by atoms with Crippen LogP contribution >= 0.6 is 0 Å². The van der Waals surface area contributed by atoms with Crippen LogP contribution in [-0.4, -0.2) is 62.0 Å². The molecule has 2 amide bonds. The Kier molecular flexibility index (Phi) is 4.39. The van der Waals surface area contributed by atoms with Gasteiger partial charge in [-0.3, -0.25) is 9.59 Å². The molecular weight excluding hydrogens is 296 g/mol. The Morgan fingerprint density at radius 3 is 2.74 bits per heavy atom. The van der Waals surface area contributed by atoms with Gasteiger partial charge >= 0.3 is 0 Å². The van der Waals surface area contributed by atoms with Crippen LogP contribution < -0.4 is 0 Å². The molecule has 2 aliphatic rings. The number of imidazole rings is 1. The summed E-state index contributed by atoms with van der Waals surface area (Å²) < 4.78 is 1.89. The zero-order valence-electron chi connectivity index (χ0n) is 13.7. The first kappa shape index (κ1) is 16.0. The highest BCUT2D eigenvalue weighted by atomic mass is 16.3. The summed E-state index contributed by atoms with van der Waals surface area (Å²) in [6, 6.07) is -0.269. The van der Waals surface area contributed by atoms with E-state index in [-0.39, 0.29) is 23.8 Å². The lowest BCUT2D eigenvalue weighted by atomic mass is 9.84. The molecule has 0 aliphatic carbocycles. The summed E-state index contributed by atoms with van der Waals surface area (Å²) in [5, 5.41) is 9.47. The summed E-state index contributed by atoms with van der Waals surface area (Å²) in [5.41, 5.74) is 0.894. The molecule has 3 rings (SSSR count). The third kappa shape index (κ3) is 2.85. The predicted octanol–water partition coefficient (Wildman–Crippen LogP) is 0.313. The molecule has 1 aromatic rings. The van der Waals surface area contributed by atoms with Crippen molar-refractivity contribution in [2.45, 2.75) is 38.3 Å². The van der Waals surface area contributed by atoms with Crippen LogP contribution in [0.15, 0.2) is 12.5 Å². The molecule has 0 unspecified atom stereocenters. The van der Waals surface area contributed by atoms with Crippen LogP contribution in [0.2, 0.25) is 0 Å². The van der Waals surface area contributed by atoms with E-state index in [9.17, 15) is 14.7 Å². The van der Waals surface area contributed by atoms with Gasteiger partial charge in [0.05, 0.1) is 36.3 Å². The number of nitrogens with zero attached hydrogens (tertiary/aromatic N) is 4. The number of hydrogen-bond donors (Lipinski definition) is 1. The predicted molar refractivity (Wildman–Crippen MR) is 83.3 cm³/mol. The molecule has 23 heavy (non-hydrogen) atoms. The van der Waals surface area contributed by atoms with E-state index < -0.39 is 6.10 Å². The Morgan fingerprint density at radius 1 is 1.43 bits per heavy atom. The van der Waals surface area contributed by atoms with Gasteiger partial charge in [-0.05, 0) is 12.8 Å². The third-order valence-electron chi connectivity index (χ3n) is 4.82. The van der Waals surface area contributed by atoms with E-state index in [4.69, 9.17) is 0 Å². The van der Waals surface area contributed by atoms with E-state index in [0.29, 0.717) is 32.5 Å². The number of rotatable bonds is 4. The van der Waals surface area contributed by atoms with Gasteiger partial charge in [0.15, 0.2) is 0 Å². The van der Waals surface area contributed by atoms with Gasteiger partial charge in [0.1, 0.15) is 0 Å². The maximum absolute atomic E-state index is 12.8. The molecule has 1 aromatic heterocycles. The van der Waals surface area contributed by atoms with Crippen molar-refractivity contribution in [3.05, 3.63) is 18.2 Å². The average Bonchev–Trinajstić information content (AvgIpc) is 2.91. The molecule has 0 saturated carbocycles. The number of aryl methyl sites for hydroxylation is 1. The first-order chi connectivity index (χ1) is 11.0. The van der Waals surface area contributed by atoms with E-state index >= 15 is 0 Å². The van der Waals surface area contributed by atoms with Crippen molar-refractivity contribution in [2.24, 2.45) is 13.0 Å². The number of aliphatic hydroxyl groups is 1. The van der Waals surface area contributed by atoms with Gasteiger partial charge in [-0.1, -0.05) is 6.92 Å². The van der Waals surface area contributed by atoms with E-state index in [2.05, 4.69) is 4.98 Å². The number of aliphatic hydroxyl groups excluding tert-OH is 1. The summed E-state index contributed by atoms with van der Waals surface area (Å²) in [5.74, 6) is -0.122. The molecule has 0 spiro atoms. The Morgan fingerprint density at radius 2 is 2.17 bits per heavy atom. The molecule has 7 heteroatoms. The van der Waals surface area contributed by atoms with Crippen LogP contribution in [0.3, 0.4) is 0 Å². The van der Waals surface area contributed by atoms with Crippen molar-refractivity contribution >= 4 is 11.8 Å². The third-order valence-corrected chi connectivity index (χ3v) is 4.82. The van der Waals surface area contributed by atoms with Crippen LogP contribution in [0.25, 0.3) is 0 Å². The summed E-state index contributed by atoms with van der Waals surface area (Å²) in [7, 11) is 1.89. The second-order valence-corrected chi connectivity index (χ2v) is 6.50. The second kappa shape index (κ2) is 6.31. The fourth-order valence-corrected chi connectivity index (χ4v) is 3.60. The first-order valence-electron chi connectivity index (χ1n) is 8.25. The summed E-state index contributed by atoms with van der Waals surface area (Å²) in [4.78, 5) is 32.9. The molecule has 0 aromatic carbocycles. The Bertz CT molecular complexity index is 594. The van der Waals surface area contributed by atoms with Crippen molar-refractivity contribution < 1.29 is 14.7 Å². The molecular formula is C16H24N4O3. The van der Waals surface area contributed by atoms with Gasteiger partial charge < -0.3 is 19.5 Å². The number of amides is 2. The standard InChI is InChI=1S/C16H24N4O3/c1-3-6-20-14(22)5-4-12(16(23)19-8-11(21)9-19)15(20)13-7-17-10-18(13)2/h7,10-12,15,21H,3-6,8-9H2,1-2H3/t12-,15-/m1/s1. The fourth-order valence-electron chi connectivity index (χ4n) is 3.60. The highest BCUT2D eigenvalue weighted by Crippen LogP contribution is 2.38. The minimum Gasteiger partial charge on any atom is -0.389 e. The lowest BCUT2D eigenvalue weighted by molar-refractivity contribution is -0.155. The molecule has 1 N–H and O–H groups in total. The summed E-state index contributed by atoms with van der Waals surface area (Å²) >= 11 is 0. The lowest BCUT2D eigenvalue weighted by Crippen LogP contribution is -2.58. The second-order valence-electron chi connectivity index (χ2n) is 6.50. The number of aromatic nitrogens is 2. The number of likely N-dealkylation sites (tertiary alicyclic amines) is 2. The summed E-state index contributed by atoms with van der Waals surface area (Å²) in [6.07, 6.45) is 4.85. The molecule has 2 saturated heterocycles. The van der Waals surface area contributed by atoms with Crippen molar-refractivity contribution in [1.29, 1.82) is 0 Å². The minimum atomic E-state index is -0.411. The minimum absolute atomic E-state index is 0.0371. The molecule has 0 bridgehead atoms. The maximum atomic E-state index is 12.8. The van der Waals surface area contributed by atoms with Gasteiger partial charge in [-0.2, -0.15) is 0 Å². The highest BCUT2D eigenvalue weighted by molar-refractivity contribution is 5.85. The average molecular weight is 320 g/mol. The smallest absolute Gasteiger partial charge is 0.228 e. The van der Waals surface area contributed by atoms with Crippen molar-refractivity contribution in [3.63, 3.8) is 0 Å². The highest BCUT2D eigenvalue weighted by Gasteiger charge is 2.44. The van der Waals surface area contributed by atoms with Crippen LogP contribution in [-0.2, 0) is 16.6 Å². The van der Waals surface area contributed by atoms with E-state index in [1.165, 1.54) is 0 Å². The molecule has 2 fully saturated rings. The Hall–Kier alpha value is -1.89. The molecule has 2 atom stereocenters. The normalized spacial score (nSPS) is 25.6. The molecule has 2 aliphatic heterocycles. The topological polar surface area (TPSA) is 78.7 Å². The largest absolute Gasteiger partial charge is 0.389 e. The summed E-state index contributed by atoms with van der Waals surface area (Å²) in [6.45, 7) is 3.47. The van der Waals surface area contributed by atoms with Crippen molar-refractivity contribution in [3.8, 4) is 0 Å². The van der Waals surface area contributed by atoms with Gasteiger partial charge in [-0.15, -0.1) is 0 Å². The van der Waals surface area contributed by atoms with E-state index in [1.807, 2.05) is 23.4 Å². The van der Waals surface area contributed by atoms with Crippen LogP contribution in [0, 0.1) is 5.92 Å². The van der Waals surface area contributed by atoms with Crippen molar-refractivity contribution in [2.75, 3.05) is 19.6 Å². The van der Waals surface area contributed by atoms with Gasteiger partial charge in [0, 0.05) is 33.1 Å². The van der Waals surface area contributed by atoms with Gasteiger partial charge in [0.25, 0.3) is 0 Å². The first-order valence-corrected chi connectivity index (χ1v) is 8.25. The fraction of sp³-hybridized carbons (Fsp3) is 0.688. The Labute approximate surface area is 135 Å². The number of β-amino-alcohol motifs (C(OH)–C–C–N with tert-alkyl or cyclic N) is 1. The Balaban J connectivity index is 1.91. The van der Waals surface area contributed by atoms with Crippen molar-refractivity contribution in [1.82, 2.24) is 19.4 Å². The zero-order chi connectivity index (χ0) is 16.6. The van der Waals surface area contributed by atoms with Gasteiger partial charge in [-0.25, -0.2) is 4.98 Å². The SMILES string of the molecule is CCCN1C(=O)CC[C@@H](C(=O)N2CC(O)C2)[C@@H]1c1cncn1C. The van der Waals surface area contributed by atoms with Crippen LogP contribution in [0.4, 0.5) is 0 Å². The van der Waals surface area contributed by atoms with Crippen LogP contribution in [0.1, 0.15) is 37.9 Å². The monoisotopic (exact) mass is 320 g/mol. The zero-order valence-corrected chi connectivity index (χ0v) is 13.7. The molecule has 7 nitrogen and oxygen atoms in total. The lowest BCUT2D eigenvalue weighted by Gasteiger charge is -2.45. The number of carbonyl (C=O) groups excluding carboxylic acids is 2. The molecule has 0 radical (unpaired) electrons. The quantitative estimate of drug-likeness (QED) is 0.866. The molecule has 3 heterocycles. The number of piperidine rings is 1.